The second-order valence-electron chi connectivity index (χ2n) is 8.15. The maximum absolute atomic E-state index is 13.0. The van der Waals surface area contributed by atoms with Gasteiger partial charge < -0.3 is 9.64 Å². The van der Waals surface area contributed by atoms with Crippen molar-refractivity contribution in [3.05, 3.63) is 12.2 Å². The van der Waals surface area contributed by atoms with Gasteiger partial charge in [-0.3, -0.25) is 9.69 Å². The molecule has 0 aromatic heterocycles. The lowest BCUT2D eigenvalue weighted by Crippen LogP contribution is -2.44. The average Bonchev–Trinajstić information content (AvgIpc) is 2.67. The first-order valence-electron chi connectivity index (χ1n) is 10.5. The maximum Gasteiger partial charge on any atom is 0.222 e. The number of hydrogen-bond acceptors (Lipinski definition) is 3. The van der Waals surface area contributed by atoms with Crippen LogP contribution in [0.1, 0.15) is 57.8 Å². The standard InChI is InChI=1S/C21H36N2O2/c24-21(17-19-7-3-1-4-8-19)23(18-20-9-5-2-6-10-20)12-11-22-13-15-25-16-14-22/h2,5,19-20H,1,3-4,6-18H2/t20-/m1/s1. The first-order valence-corrected chi connectivity index (χ1v) is 10.5. The zero-order chi connectivity index (χ0) is 17.3. The van der Waals surface area contributed by atoms with Gasteiger partial charge in [-0.15, -0.1) is 0 Å². The fourth-order valence-corrected chi connectivity index (χ4v) is 4.51. The van der Waals surface area contributed by atoms with Crippen LogP contribution >= 0.6 is 0 Å². The van der Waals surface area contributed by atoms with Gasteiger partial charge in [-0.25, -0.2) is 0 Å². The number of morpholine rings is 1. The minimum Gasteiger partial charge on any atom is -0.379 e. The third-order valence-corrected chi connectivity index (χ3v) is 6.19. The molecule has 0 bridgehead atoms. The molecule has 2 aliphatic carbocycles. The molecule has 0 N–H and O–H groups in total. The predicted molar refractivity (Wildman–Crippen MR) is 102 cm³/mol. The smallest absolute Gasteiger partial charge is 0.222 e. The summed E-state index contributed by atoms with van der Waals surface area (Å²) < 4.78 is 5.45. The molecule has 0 aromatic rings. The summed E-state index contributed by atoms with van der Waals surface area (Å²) in [7, 11) is 0. The van der Waals surface area contributed by atoms with Crippen LogP contribution in [0, 0.1) is 11.8 Å². The van der Waals surface area contributed by atoms with E-state index in [2.05, 4.69) is 22.0 Å². The molecule has 0 spiro atoms. The Kier molecular flexibility index (Phi) is 7.81. The summed E-state index contributed by atoms with van der Waals surface area (Å²) in [5.74, 6) is 1.71. The van der Waals surface area contributed by atoms with Crippen molar-refractivity contribution in [3.63, 3.8) is 0 Å². The van der Waals surface area contributed by atoms with Gasteiger partial charge in [0, 0.05) is 39.1 Å². The Hall–Kier alpha value is -0.870. The molecule has 0 radical (unpaired) electrons. The second kappa shape index (κ2) is 10.3. The van der Waals surface area contributed by atoms with E-state index in [1.807, 2.05) is 0 Å². The number of carbonyl (C=O) groups is 1. The summed E-state index contributed by atoms with van der Waals surface area (Å²) in [6.45, 7) is 6.55. The number of nitrogens with zero attached hydrogens (tertiary/aromatic N) is 2. The number of carbonyl (C=O) groups excluding carboxylic acids is 1. The molecule has 1 heterocycles. The van der Waals surface area contributed by atoms with Gasteiger partial charge in [0.05, 0.1) is 13.2 Å². The molecule has 25 heavy (non-hydrogen) atoms. The van der Waals surface area contributed by atoms with Gasteiger partial charge in [-0.1, -0.05) is 31.4 Å². The van der Waals surface area contributed by atoms with Gasteiger partial charge in [0.25, 0.3) is 0 Å². The summed E-state index contributed by atoms with van der Waals surface area (Å²) >= 11 is 0. The van der Waals surface area contributed by atoms with E-state index >= 15 is 0 Å². The molecule has 1 atom stereocenters. The van der Waals surface area contributed by atoms with Crippen molar-refractivity contribution in [3.8, 4) is 0 Å². The van der Waals surface area contributed by atoms with Crippen molar-refractivity contribution >= 4 is 5.91 Å². The van der Waals surface area contributed by atoms with E-state index in [4.69, 9.17) is 4.74 Å². The molecule has 0 unspecified atom stereocenters. The fourth-order valence-electron chi connectivity index (χ4n) is 4.51. The molecule has 1 amide bonds. The van der Waals surface area contributed by atoms with E-state index in [9.17, 15) is 4.79 Å². The van der Waals surface area contributed by atoms with Crippen LogP contribution < -0.4 is 0 Å². The first-order chi connectivity index (χ1) is 12.3. The summed E-state index contributed by atoms with van der Waals surface area (Å²) in [6, 6.07) is 0. The van der Waals surface area contributed by atoms with Gasteiger partial charge >= 0.3 is 0 Å². The highest BCUT2D eigenvalue weighted by molar-refractivity contribution is 5.76. The highest BCUT2D eigenvalue weighted by Crippen LogP contribution is 2.27. The highest BCUT2D eigenvalue weighted by atomic mass is 16.5. The maximum atomic E-state index is 13.0. The minimum absolute atomic E-state index is 0.412. The van der Waals surface area contributed by atoms with Crippen molar-refractivity contribution in [2.24, 2.45) is 11.8 Å². The van der Waals surface area contributed by atoms with Crippen LogP contribution in [0.4, 0.5) is 0 Å². The van der Waals surface area contributed by atoms with Crippen molar-refractivity contribution in [2.45, 2.75) is 57.8 Å². The van der Waals surface area contributed by atoms with E-state index < -0.39 is 0 Å². The number of allylic oxidation sites excluding steroid dienone is 2. The zero-order valence-corrected chi connectivity index (χ0v) is 15.8. The van der Waals surface area contributed by atoms with Crippen LogP contribution in [0.25, 0.3) is 0 Å². The third-order valence-electron chi connectivity index (χ3n) is 6.19. The average molecular weight is 349 g/mol. The summed E-state index contributed by atoms with van der Waals surface area (Å²) in [4.78, 5) is 17.7. The summed E-state index contributed by atoms with van der Waals surface area (Å²) in [5, 5.41) is 0. The molecule has 4 nitrogen and oxygen atoms in total. The molecular formula is C21H36N2O2. The summed E-state index contributed by atoms with van der Waals surface area (Å²) in [6.07, 6.45) is 15.5. The van der Waals surface area contributed by atoms with E-state index in [0.717, 1.165) is 58.8 Å². The minimum atomic E-state index is 0.412. The van der Waals surface area contributed by atoms with Crippen molar-refractivity contribution in [1.29, 1.82) is 0 Å². The molecule has 142 valence electrons. The van der Waals surface area contributed by atoms with Crippen molar-refractivity contribution < 1.29 is 9.53 Å². The Morgan fingerprint density at radius 2 is 1.84 bits per heavy atom. The Morgan fingerprint density at radius 1 is 1.04 bits per heavy atom. The monoisotopic (exact) mass is 348 g/mol. The number of amides is 1. The fraction of sp³-hybridized carbons (Fsp3) is 0.857. The quantitative estimate of drug-likeness (QED) is 0.661. The van der Waals surface area contributed by atoms with E-state index in [1.54, 1.807) is 0 Å². The molecular weight excluding hydrogens is 312 g/mol. The Morgan fingerprint density at radius 3 is 2.56 bits per heavy atom. The van der Waals surface area contributed by atoms with E-state index in [-0.39, 0.29) is 0 Å². The molecule has 3 aliphatic rings. The van der Waals surface area contributed by atoms with Gasteiger partial charge in [0.2, 0.25) is 5.91 Å². The number of ether oxygens (including phenoxy) is 1. The van der Waals surface area contributed by atoms with Gasteiger partial charge in [0.1, 0.15) is 0 Å². The molecule has 3 rings (SSSR count). The molecule has 1 saturated carbocycles. The lowest BCUT2D eigenvalue weighted by molar-refractivity contribution is -0.133. The normalized spacial score (nSPS) is 25.8. The van der Waals surface area contributed by atoms with Crippen LogP contribution in [0.3, 0.4) is 0 Å². The van der Waals surface area contributed by atoms with Gasteiger partial charge in [-0.2, -0.15) is 0 Å². The Labute approximate surface area is 153 Å². The van der Waals surface area contributed by atoms with Gasteiger partial charge in [0.15, 0.2) is 0 Å². The molecule has 2 fully saturated rings. The van der Waals surface area contributed by atoms with Crippen LogP contribution in [-0.2, 0) is 9.53 Å². The Balaban J connectivity index is 1.51. The lowest BCUT2D eigenvalue weighted by atomic mass is 9.86. The van der Waals surface area contributed by atoms with Crippen molar-refractivity contribution in [1.82, 2.24) is 9.80 Å². The van der Waals surface area contributed by atoms with Crippen LogP contribution in [0.2, 0.25) is 0 Å². The molecule has 1 aliphatic heterocycles. The topological polar surface area (TPSA) is 32.8 Å². The third kappa shape index (κ3) is 6.41. The SMILES string of the molecule is O=C(CC1CCCCC1)N(CCN1CCOCC1)C[C@@H]1CC=CCC1. The highest BCUT2D eigenvalue weighted by Gasteiger charge is 2.24. The van der Waals surface area contributed by atoms with E-state index in [0.29, 0.717) is 17.7 Å². The van der Waals surface area contributed by atoms with Gasteiger partial charge in [-0.05, 0) is 43.9 Å². The van der Waals surface area contributed by atoms with Crippen molar-refractivity contribution in [2.75, 3.05) is 45.9 Å². The number of rotatable bonds is 7. The van der Waals surface area contributed by atoms with Crippen LogP contribution in [0.5, 0.6) is 0 Å². The second-order valence-corrected chi connectivity index (χ2v) is 8.15. The lowest BCUT2D eigenvalue weighted by Gasteiger charge is -2.33. The Bertz CT molecular complexity index is 426. The van der Waals surface area contributed by atoms with E-state index in [1.165, 1.54) is 44.9 Å². The molecule has 1 saturated heterocycles. The number of hydrogen-bond donors (Lipinski definition) is 0. The predicted octanol–water partition coefficient (Wildman–Crippen LogP) is 3.47. The first kappa shape index (κ1) is 18.9. The molecule has 4 heteroatoms. The van der Waals surface area contributed by atoms with Crippen LogP contribution in [-0.4, -0.2) is 61.6 Å². The summed E-state index contributed by atoms with van der Waals surface area (Å²) in [5.41, 5.74) is 0. The molecule has 0 aromatic carbocycles. The zero-order valence-electron chi connectivity index (χ0n) is 15.8. The van der Waals surface area contributed by atoms with Crippen LogP contribution in [0.15, 0.2) is 12.2 Å². The largest absolute Gasteiger partial charge is 0.379 e.